The van der Waals surface area contributed by atoms with E-state index in [9.17, 15) is 4.79 Å². The Kier molecular flexibility index (Phi) is 5.41. The Morgan fingerprint density at radius 1 is 1.50 bits per heavy atom. The molecule has 1 aromatic heterocycles. The summed E-state index contributed by atoms with van der Waals surface area (Å²) in [6, 6.07) is 0. The van der Waals surface area contributed by atoms with Crippen molar-refractivity contribution in [2.75, 3.05) is 18.0 Å². The first-order valence-corrected chi connectivity index (χ1v) is 12.3. The fraction of sp³-hybridized carbons (Fsp3) is 0.733. The van der Waals surface area contributed by atoms with Crippen LogP contribution in [0, 0.1) is 0 Å². The van der Waals surface area contributed by atoms with E-state index >= 15 is 0 Å². The van der Waals surface area contributed by atoms with Gasteiger partial charge in [0.05, 0.1) is 12.3 Å². The van der Waals surface area contributed by atoms with E-state index in [1.165, 1.54) is 11.8 Å². The van der Waals surface area contributed by atoms with Crippen molar-refractivity contribution in [3.8, 4) is 0 Å². The maximum Gasteiger partial charge on any atom is 0.192 e. The quantitative estimate of drug-likeness (QED) is 0.740. The molecule has 0 aliphatic carbocycles. The lowest BCUT2D eigenvalue weighted by molar-refractivity contribution is -0.109. The summed E-state index contributed by atoms with van der Waals surface area (Å²) in [6.45, 7) is 15.3. The van der Waals surface area contributed by atoms with Crippen molar-refractivity contribution < 1.29 is 9.22 Å². The SMILES string of the molecule is CC(=O)SC1CN(c2nc(CO[Si](C)(C)C(C)(C)C)cs2)C1. The first-order chi connectivity index (χ1) is 10.1. The van der Waals surface area contributed by atoms with Crippen LogP contribution in [-0.4, -0.2) is 36.8 Å². The lowest BCUT2D eigenvalue weighted by atomic mass is 10.2. The molecular weight excluding hydrogens is 332 g/mol. The van der Waals surface area contributed by atoms with Crippen LogP contribution in [-0.2, 0) is 15.8 Å². The van der Waals surface area contributed by atoms with E-state index in [0.29, 0.717) is 11.9 Å². The van der Waals surface area contributed by atoms with E-state index in [0.717, 1.165) is 23.9 Å². The van der Waals surface area contributed by atoms with Gasteiger partial charge in [0.25, 0.3) is 0 Å². The molecule has 0 saturated carbocycles. The number of rotatable bonds is 5. The molecule has 0 N–H and O–H groups in total. The second-order valence-corrected chi connectivity index (χ2v) is 14.4. The zero-order valence-corrected chi connectivity index (χ0v) is 16.9. The molecule has 7 heteroatoms. The van der Waals surface area contributed by atoms with Gasteiger partial charge in [0, 0.05) is 30.6 Å². The lowest BCUT2D eigenvalue weighted by Gasteiger charge is -2.38. The van der Waals surface area contributed by atoms with Gasteiger partial charge in [-0.05, 0) is 18.1 Å². The van der Waals surface area contributed by atoms with Crippen LogP contribution < -0.4 is 4.90 Å². The Morgan fingerprint density at radius 3 is 2.68 bits per heavy atom. The molecule has 0 bridgehead atoms. The predicted octanol–water partition coefficient (Wildman–Crippen LogP) is 4.13. The van der Waals surface area contributed by atoms with Crippen molar-refractivity contribution in [2.45, 2.75) is 57.7 Å². The molecular formula is C15H26N2O2S2Si. The predicted molar refractivity (Wildman–Crippen MR) is 98.4 cm³/mol. The summed E-state index contributed by atoms with van der Waals surface area (Å²) in [5.41, 5.74) is 1.02. The molecule has 2 heterocycles. The molecule has 1 aliphatic rings. The van der Waals surface area contributed by atoms with Gasteiger partial charge in [-0.15, -0.1) is 11.3 Å². The van der Waals surface area contributed by atoms with Gasteiger partial charge in [0.15, 0.2) is 18.6 Å². The molecule has 0 spiro atoms. The van der Waals surface area contributed by atoms with E-state index < -0.39 is 8.32 Å². The van der Waals surface area contributed by atoms with Crippen molar-refractivity contribution in [2.24, 2.45) is 0 Å². The molecule has 4 nitrogen and oxygen atoms in total. The van der Waals surface area contributed by atoms with Crippen molar-refractivity contribution in [3.63, 3.8) is 0 Å². The molecule has 0 radical (unpaired) electrons. The highest BCUT2D eigenvalue weighted by atomic mass is 32.2. The van der Waals surface area contributed by atoms with Gasteiger partial charge in [-0.2, -0.15) is 0 Å². The van der Waals surface area contributed by atoms with Gasteiger partial charge < -0.3 is 9.33 Å². The minimum absolute atomic E-state index is 0.201. The van der Waals surface area contributed by atoms with Crippen LogP contribution in [0.4, 0.5) is 5.13 Å². The fourth-order valence-corrected chi connectivity index (χ4v) is 4.63. The Labute approximate surface area is 142 Å². The van der Waals surface area contributed by atoms with E-state index in [-0.39, 0.29) is 10.2 Å². The second kappa shape index (κ2) is 6.63. The molecule has 0 aromatic carbocycles. The maximum atomic E-state index is 11.1. The number of thioether (sulfide) groups is 1. The van der Waals surface area contributed by atoms with Gasteiger partial charge in [0.2, 0.25) is 0 Å². The Morgan fingerprint density at radius 2 is 2.14 bits per heavy atom. The van der Waals surface area contributed by atoms with Gasteiger partial charge in [-0.1, -0.05) is 32.5 Å². The topological polar surface area (TPSA) is 42.4 Å². The number of anilines is 1. The molecule has 1 aliphatic heterocycles. The number of thiazole rings is 1. The van der Waals surface area contributed by atoms with Crippen LogP contribution in [0.2, 0.25) is 18.1 Å². The van der Waals surface area contributed by atoms with Crippen molar-refractivity contribution in [1.82, 2.24) is 4.98 Å². The van der Waals surface area contributed by atoms with Crippen LogP contribution in [0.5, 0.6) is 0 Å². The van der Waals surface area contributed by atoms with E-state index in [2.05, 4.69) is 49.1 Å². The third kappa shape index (κ3) is 4.34. The standard InChI is InChI=1S/C15H26N2O2S2Si/c1-11(18)21-13-7-17(8-13)14-16-12(10-20-14)9-19-22(5,6)15(2,3)4/h10,13H,7-9H2,1-6H3. The molecule has 0 atom stereocenters. The normalized spacial score (nSPS) is 16.7. The summed E-state index contributed by atoms with van der Waals surface area (Å²) >= 11 is 3.11. The minimum atomic E-state index is -1.72. The summed E-state index contributed by atoms with van der Waals surface area (Å²) in [5, 5.41) is 3.99. The van der Waals surface area contributed by atoms with Crippen LogP contribution >= 0.6 is 23.1 Å². The molecule has 1 fully saturated rings. The van der Waals surface area contributed by atoms with E-state index in [4.69, 9.17) is 4.43 Å². The Bertz CT molecular complexity index is 534. The highest BCUT2D eigenvalue weighted by molar-refractivity contribution is 8.14. The molecule has 0 unspecified atom stereocenters. The molecule has 1 saturated heterocycles. The van der Waals surface area contributed by atoms with Crippen molar-refractivity contribution >= 4 is 41.7 Å². The van der Waals surface area contributed by atoms with Crippen LogP contribution in [0.1, 0.15) is 33.4 Å². The molecule has 2 rings (SSSR count). The third-order valence-electron chi connectivity index (χ3n) is 4.38. The summed E-state index contributed by atoms with van der Waals surface area (Å²) in [6.07, 6.45) is 0. The first-order valence-electron chi connectivity index (χ1n) is 7.59. The third-order valence-corrected chi connectivity index (χ3v) is 10.8. The van der Waals surface area contributed by atoms with Gasteiger partial charge in [-0.3, -0.25) is 4.79 Å². The maximum absolute atomic E-state index is 11.1. The van der Waals surface area contributed by atoms with Gasteiger partial charge in [-0.25, -0.2) is 4.98 Å². The first kappa shape index (κ1) is 18.0. The lowest BCUT2D eigenvalue weighted by Crippen LogP contribution is -2.49. The number of aromatic nitrogens is 1. The zero-order valence-electron chi connectivity index (χ0n) is 14.3. The minimum Gasteiger partial charge on any atom is -0.411 e. The highest BCUT2D eigenvalue weighted by Crippen LogP contribution is 2.37. The largest absolute Gasteiger partial charge is 0.411 e. The monoisotopic (exact) mass is 358 g/mol. The smallest absolute Gasteiger partial charge is 0.192 e. The molecule has 0 amide bonds. The highest BCUT2D eigenvalue weighted by Gasteiger charge is 2.37. The number of hydrogen-bond acceptors (Lipinski definition) is 6. The molecule has 1 aromatic rings. The Hall–Kier alpha value is -0.373. The van der Waals surface area contributed by atoms with Crippen molar-refractivity contribution in [3.05, 3.63) is 11.1 Å². The van der Waals surface area contributed by atoms with Crippen molar-refractivity contribution in [1.29, 1.82) is 0 Å². The number of hydrogen-bond donors (Lipinski definition) is 0. The molecule has 22 heavy (non-hydrogen) atoms. The summed E-state index contributed by atoms with van der Waals surface area (Å²) in [4.78, 5) is 18.0. The van der Waals surface area contributed by atoms with Crippen LogP contribution in [0.15, 0.2) is 5.38 Å². The fourth-order valence-electron chi connectivity index (χ4n) is 1.88. The van der Waals surface area contributed by atoms with Gasteiger partial charge in [0.1, 0.15) is 0 Å². The van der Waals surface area contributed by atoms with Crippen LogP contribution in [0.25, 0.3) is 0 Å². The number of nitrogens with zero attached hydrogens (tertiary/aromatic N) is 2. The van der Waals surface area contributed by atoms with Gasteiger partial charge >= 0.3 is 0 Å². The second-order valence-electron chi connectivity index (χ2n) is 7.31. The summed E-state index contributed by atoms with van der Waals surface area (Å²) in [7, 11) is -1.72. The molecule has 124 valence electrons. The van der Waals surface area contributed by atoms with E-state index in [1.54, 1.807) is 18.3 Å². The number of carbonyl (C=O) groups excluding carboxylic acids is 1. The zero-order chi connectivity index (χ0) is 16.5. The average Bonchev–Trinajstić information content (AvgIpc) is 2.77. The average molecular weight is 359 g/mol. The van der Waals surface area contributed by atoms with E-state index in [1.807, 2.05) is 0 Å². The number of carbonyl (C=O) groups is 1. The Balaban J connectivity index is 1.84. The van der Waals surface area contributed by atoms with Crippen LogP contribution in [0.3, 0.4) is 0 Å². The summed E-state index contributed by atoms with van der Waals surface area (Å²) in [5.74, 6) is 0. The summed E-state index contributed by atoms with van der Waals surface area (Å²) < 4.78 is 6.21.